The van der Waals surface area contributed by atoms with E-state index in [1.807, 2.05) is 0 Å². The van der Waals surface area contributed by atoms with Gasteiger partial charge in [0, 0.05) is 0 Å². The summed E-state index contributed by atoms with van der Waals surface area (Å²) in [5.41, 5.74) is -2.65. The summed E-state index contributed by atoms with van der Waals surface area (Å²) in [6.07, 6.45) is 0. The number of hydrogen-bond acceptors (Lipinski definition) is 5. The van der Waals surface area contributed by atoms with Gasteiger partial charge in [0.15, 0.2) is 0 Å². The molecule has 0 saturated carbocycles. The fourth-order valence-electron chi connectivity index (χ4n) is 1.60. The summed E-state index contributed by atoms with van der Waals surface area (Å²) in [5, 5.41) is 20.7. The summed E-state index contributed by atoms with van der Waals surface area (Å²) >= 11 is 0. The van der Waals surface area contributed by atoms with Crippen LogP contribution >= 0.6 is 0 Å². The lowest BCUT2D eigenvalue weighted by Gasteiger charge is -2.39. The van der Waals surface area contributed by atoms with Gasteiger partial charge in [-0.15, -0.1) is 0 Å². The lowest BCUT2D eigenvalue weighted by molar-refractivity contribution is -0.336. The highest BCUT2D eigenvalue weighted by atomic mass is 16.7. The van der Waals surface area contributed by atoms with E-state index in [1.54, 1.807) is 30.3 Å². The fraction of sp³-hybridized carbons (Fsp3) is 0.462. The molecule has 100 valence electrons. The Balaban J connectivity index is 2.90. The van der Waals surface area contributed by atoms with Crippen molar-refractivity contribution in [1.82, 2.24) is 5.06 Å². The van der Waals surface area contributed by atoms with Crippen LogP contribution < -0.4 is 0 Å². The maximum Gasteiger partial charge on any atom is 0.357 e. The molecule has 0 aliphatic heterocycles. The first-order chi connectivity index (χ1) is 8.12. The number of rotatable bonds is 4. The van der Waals surface area contributed by atoms with Crippen LogP contribution in [0.1, 0.15) is 38.1 Å². The normalized spacial score (nSPS) is 12.6. The van der Waals surface area contributed by atoms with Crippen LogP contribution in [0, 0.1) is 0 Å². The number of hydrogen-bond donors (Lipinski definition) is 2. The predicted octanol–water partition coefficient (Wildman–Crippen LogP) is 1.52. The van der Waals surface area contributed by atoms with Gasteiger partial charge in [0.2, 0.25) is 0 Å². The quantitative estimate of drug-likeness (QED) is 0.629. The van der Waals surface area contributed by atoms with Crippen LogP contribution in [0.25, 0.3) is 0 Å². The molecule has 1 aromatic rings. The SMILES string of the molecule is CC(C)(O)N(OC(=O)c1ccccc1)C(C)(C)O. The Kier molecular flexibility index (Phi) is 4.11. The molecule has 5 nitrogen and oxygen atoms in total. The van der Waals surface area contributed by atoms with E-state index in [2.05, 4.69) is 0 Å². The van der Waals surface area contributed by atoms with Crippen molar-refractivity contribution in [2.24, 2.45) is 0 Å². The number of carbonyl (C=O) groups is 1. The van der Waals surface area contributed by atoms with Gasteiger partial charge >= 0.3 is 5.97 Å². The van der Waals surface area contributed by atoms with Crippen LogP contribution in [-0.4, -0.2) is 32.7 Å². The van der Waals surface area contributed by atoms with Gasteiger partial charge in [-0.25, -0.2) is 4.79 Å². The van der Waals surface area contributed by atoms with Crippen LogP contribution in [0.2, 0.25) is 0 Å². The van der Waals surface area contributed by atoms with Crippen molar-refractivity contribution in [3.8, 4) is 0 Å². The Morgan fingerprint density at radius 2 is 1.50 bits per heavy atom. The van der Waals surface area contributed by atoms with E-state index in [-0.39, 0.29) is 0 Å². The van der Waals surface area contributed by atoms with Crippen molar-refractivity contribution in [1.29, 1.82) is 0 Å². The zero-order chi connectivity index (χ0) is 14.0. The third-order valence-electron chi connectivity index (χ3n) is 2.18. The first-order valence-electron chi connectivity index (χ1n) is 5.65. The predicted molar refractivity (Wildman–Crippen MR) is 66.3 cm³/mol. The third kappa shape index (κ3) is 3.80. The van der Waals surface area contributed by atoms with Crippen molar-refractivity contribution >= 4 is 5.97 Å². The number of nitrogens with zero attached hydrogens (tertiary/aromatic N) is 1. The summed E-state index contributed by atoms with van der Waals surface area (Å²) in [7, 11) is 0. The lowest BCUT2D eigenvalue weighted by Crippen LogP contribution is -2.56. The van der Waals surface area contributed by atoms with Gasteiger partial charge in [-0.1, -0.05) is 23.3 Å². The van der Waals surface area contributed by atoms with Crippen LogP contribution in [0.3, 0.4) is 0 Å². The second kappa shape index (κ2) is 5.06. The van der Waals surface area contributed by atoms with E-state index in [1.165, 1.54) is 27.7 Å². The first-order valence-corrected chi connectivity index (χ1v) is 5.65. The molecule has 0 bridgehead atoms. The van der Waals surface area contributed by atoms with Crippen molar-refractivity contribution in [2.45, 2.75) is 39.1 Å². The summed E-state index contributed by atoms with van der Waals surface area (Å²) in [6.45, 7) is 5.68. The molecule has 0 heterocycles. The van der Waals surface area contributed by atoms with Crippen molar-refractivity contribution in [2.75, 3.05) is 0 Å². The Morgan fingerprint density at radius 1 is 1.06 bits per heavy atom. The molecule has 5 heteroatoms. The molecule has 0 unspecified atom stereocenters. The Hall–Kier alpha value is -1.43. The topological polar surface area (TPSA) is 70.0 Å². The fourth-order valence-corrected chi connectivity index (χ4v) is 1.60. The van der Waals surface area contributed by atoms with E-state index in [4.69, 9.17) is 4.84 Å². The number of carbonyl (C=O) groups excluding carboxylic acids is 1. The van der Waals surface area contributed by atoms with Crippen LogP contribution in [0.15, 0.2) is 30.3 Å². The van der Waals surface area contributed by atoms with E-state index in [0.717, 1.165) is 5.06 Å². The summed E-state index contributed by atoms with van der Waals surface area (Å²) in [6, 6.07) is 8.37. The van der Waals surface area contributed by atoms with Gasteiger partial charge < -0.3 is 15.1 Å². The minimum Gasteiger partial charge on any atom is -0.373 e. The summed E-state index contributed by atoms with van der Waals surface area (Å²) in [4.78, 5) is 16.9. The van der Waals surface area contributed by atoms with E-state index < -0.39 is 17.4 Å². The standard InChI is InChI=1S/C13H19NO4/c1-12(2,16)14(13(3,4)17)18-11(15)10-8-6-5-7-9-10/h5-9,16-17H,1-4H3. The van der Waals surface area contributed by atoms with Gasteiger partial charge in [0.1, 0.15) is 11.4 Å². The molecule has 18 heavy (non-hydrogen) atoms. The average molecular weight is 253 g/mol. The van der Waals surface area contributed by atoms with E-state index >= 15 is 0 Å². The lowest BCUT2D eigenvalue weighted by atomic mass is 10.2. The Morgan fingerprint density at radius 3 is 1.89 bits per heavy atom. The highest BCUT2D eigenvalue weighted by molar-refractivity contribution is 5.89. The summed E-state index contributed by atoms with van der Waals surface area (Å²) in [5.74, 6) is -0.639. The van der Waals surface area contributed by atoms with E-state index in [0.29, 0.717) is 5.56 Å². The zero-order valence-corrected chi connectivity index (χ0v) is 11.0. The second-order valence-corrected chi connectivity index (χ2v) is 5.03. The first kappa shape index (κ1) is 14.6. The minimum atomic E-state index is -1.50. The van der Waals surface area contributed by atoms with Crippen LogP contribution in [0.5, 0.6) is 0 Å². The van der Waals surface area contributed by atoms with E-state index in [9.17, 15) is 15.0 Å². The Bertz CT molecular complexity index is 389. The highest BCUT2D eigenvalue weighted by Gasteiger charge is 2.39. The maximum atomic E-state index is 11.9. The average Bonchev–Trinajstić information content (AvgIpc) is 2.23. The molecule has 0 aliphatic carbocycles. The smallest absolute Gasteiger partial charge is 0.357 e. The largest absolute Gasteiger partial charge is 0.373 e. The Labute approximate surface area is 107 Å². The molecule has 0 amide bonds. The van der Waals surface area contributed by atoms with Gasteiger partial charge in [0.05, 0.1) is 5.56 Å². The zero-order valence-electron chi connectivity index (χ0n) is 11.0. The van der Waals surface area contributed by atoms with Gasteiger partial charge in [-0.05, 0) is 39.8 Å². The molecule has 0 spiro atoms. The monoisotopic (exact) mass is 253 g/mol. The molecule has 0 aromatic heterocycles. The molecule has 0 aliphatic rings. The number of aliphatic hydroxyl groups is 2. The van der Waals surface area contributed by atoms with Crippen molar-refractivity contribution < 1.29 is 19.8 Å². The van der Waals surface area contributed by atoms with Crippen LogP contribution in [-0.2, 0) is 4.84 Å². The number of hydroxylamine groups is 2. The molecule has 0 saturated heterocycles. The molecule has 1 rings (SSSR count). The molecular weight excluding hydrogens is 234 g/mol. The molecule has 2 N–H and O–H groups in total. The van der Waals surface area contributed by atoms with Crippen LogP contribution in [0.4, 0.5) is 0 Å². The molecule has 1 aromatic carbocycles. The van der Waals surface area contributed by atoms with Gasteiger partial charge in [-0.2, -0.15) is 0 Å². The van der Waals surface area contributed by atoms with Gasteiger partial charge in [0.25, 0.3) is 0 Å². The highest BCUT2D eigenvalue weighted by Crippen LogP contribution is 2.22. The number of benzene rings is 1. The molecule has 0 radical (unpaired) electrons. The molecular formula is C13H19NO4. The second-order valence-electron chi connectivity index (χ2n) is 5.03. The van der Waals surface area contributed by atoms with Crippen molar-refractivity contribution in [3.05, 3.63) is 35.9 Å². The summed E-state index contributed by atoms with van der Waals surface area (Å²) < 4.78 is 0. The van der Waals surface area contributed by atoms with Crippen molar-refractivity contribution in [3.63, 3.8) is 0 Å². The molecule has 0 fully saturated rings. The minimum absolute atomic E-state index is 0.344. The maximum absolute atomic E-state index is 11.9. The molecule has 0 atom stereocenters. The third-order valence-corrected chi connectivity index (χ3v) is 2.18. The van der Waals surface area contributed by atoms with Gasteiger partial charge in [-0.3, -0.25) is 0 Å².